The second-order valence-electron chi connectivity index (χ2n) is 12.1. The zero-order chi connectivity index (χ0) is 29.4. The first-order valence-corrected chi connectivity index (χ1v) is 16.5. The molecule has 7 atom stereocenters. The van der Waals surface area contributed by atoms with Crippen molar-refractivity contribution >= 4 is 46.5 Å². The van der Waals surface area contributed by atoms with E-state index in [-0.39, 0.29) is 70.0 Å². The van der Waals surface area contributed by atoms with Gasteiger partial charge in [-0.2, -0.15) is 0 Å². The zero-order valence-corrected chi connectivity index (χ0v) is 25.2. The maximum Gasteiger partial charge on any atom is 0.305 e. The number of ether oxygens (including phenoxy) is 2. The van der Waals surface area contributed by atoms with E-state index in [1.807, 2.05) is 55.5 Å². The highest BCUT2D eigenvalue weighted by Crippen LogP contribution is 2.69. The highest BCUT2D eigenvalue weighted by atomic mass is 32.2. The average molecular weight is 618 g/mol. The van der Waals surface area contributed by atoms with Crippen molar-refractivity contribution in [2.75, 3.05) is 37.8 Å². The Labute approximate surface area is 256 Å². The topological polar surface area (TPSA) is 109 Å². The summed E-state index contributed by atoms with van der Waals surface area (Å²) in [5.74, 6) is -0.521. The van der Waals surface area contributed by atoms with E-state index in [9.17, 15) is 19.2 Å². The fraction of sp³-hybridized carbons (Fsp3) is 0.438. The summed E-state index contributed by atoms with van der Waals surface area (Å²) in [7, 11) is 0. The Morgan fingerprint density at radius 3 is 2.49 bits per heavy atom. The molecule has 8 rings (SSSR count). The standard InChI is InChI=1S/C32H31N3O6S2/c1-16-6-8-17(9-7-16)35-30(37)25-19-14-20(26(25)31(35)38)27-24(19)23(28-29(42-27)33-32(39)43-28)18-4-2-3-5-21(18)41-15-22(36)34-10-12-40-13-11-34/h2-9,19-20,23-27H,10-15H2,1H3,(H,33,39)/t19-,20-,23-,24?,25?,26?,27?/m1/s1. The van der Waals surface area contributed by atoms with E-state index in [1.165, 1.54) is 16.2 Å². The number of imide groups is 1. The van der Waals surface area contributed by atoms with Crippen LogP contribution in [0.5, 0.6) is 5.75 Å². The van der Waals surface area contributed by atoms with Gasteiger partial charge in [0, 0.05) is 34.7 Å². The number of anilines is 1. The Kier molecular flexibility index (Phi) is 6.54. The van der Waals surface area contributed by atoms with E-state index in [2.05, 4.69) is 4.98 Å². The lowest BCUT2D eigenvalue weighted by Crippen LogP contribution is -2.43. The molecular weight excluding hydrogens is 587 g/mol. The molecule has 2 saturated carbocycles. The summed E-state index contributed by atoms with van der Waals surface area (Å²) in [6.45, 7) is 4.04. The lowest BCUT2D eigenvalue weighted by molar-refractivity contribution is -0.137. The number of hydrogen-bond donors (Lipinski definition) is 1. The SMILES string of the molecule is Cc1ccc(N2C(=O)C3C(C2=O)[C@@H]2C[C@H]3C3Sc4[nH]c(=O)sc4[C@H](c4ccccc4OCC(=O)N4CCOCC4)C32)cc1. The van der Waals surface area contributed by atoms with E-state index in [0.717, 1.165) is 27.5 Å². The maximum absolute atomic E-state index is 14.0. The van der Waals surface area contributed by atoms with Crippen LogP contribution in [-0.2, 0) is 19.1 Å². The molecule has 43 heavy (non-hydrogen) atoms. The predicted octanol–water partition coefficient (Wildman–Crippen LogP) is 3.66. The largest absolute Gasteiger partial charge is 0.483 e. The number of para-hydroxylation sites is 1. The highest BCUT2D eigenvalue weighted by molar-refractivity contribution is 8.00. The Hall–Kier alpha value is -3.41. The van der Waals surface area contributed by atoms with E-state index in [1.54, 1.807) is 16.7 Å². The molecule has 3 amide bonds. The molecule has 1 aromatic heterocycles. The van der Waals surface area contributed by atoms with Gasteiger partial charge in [0.2, 0.25) is 11.8 Å². The summed E-state index contributed by atoms with van der Waals surface area (Å²) in [4.78, 5) is 60.5. The lowest BCUT2D eigenvalue weighted by atomic mass is 9.68. The number of nitrogens with one attached hydrogen (secondary N) is 1. The van der Waals surface area contributed by atoms with E-state index in [0.29, 0.717) is 37.7 Å². The molecule has 11 heteroatoms. The number of thioether (sulfide) groups is 1. The van der Waals surface area contributed by atoms with Gasteiger partial charge >= 0.3 is 4.87 Å². The first-order chi connectivity index (χ1) is 20.9. The molecule has 3 aliphatic heterocycles. The van der Waals surface area contributed by atoms with E-state index in [4.69, 9.17) is 9.47 Å². The van der Waals surface area contributed by atoms with Crippen molar-refractivity contribution in [2.45, 2.75) is 29.5 Å². The smallest absolute Gasteiger partial charge is 0.305 e. The average Bonchev–Trinajstić information content (AvgIpc) is 3.76. The number of carbonyl (C=O) groups excluding carboxylic acids is 3. The summed E-state index contributed by atoms with van der Waals surface area (Å²) in [6.07, 6.45) is 0.811. The molecule has 222 valence electrons. The number of morpholine rings is 1. The fourth-order valence-electron chi connectivity index (χ4n) is 8.23. The van der Waals surface area contributed by atoms with Crippen LogP contribution in [0.3, 0.4) is 0 Å². The monoisotopic (exact) mass is 617 g/mol. The summed E-state index contributed by atoms with van der Waals surface area (Å²) in [5, 5.41) is 0.920. The molecule has 1 N–H and O–H groups in total. The molecule has 2 bridgehead atoms. The third-order valence-corrected chi connectivity index (χ3v) is 12.6. The molecular formula is C32H31N3O6S2. The van der Waals surface area contributed by atoms with Gasteiger partial charge in [0.25, 0.3) is 5.91 Å². The molecule has 4 unspecified atom stereocenters. The van der Waals surface area contributed by atoms with Crippen molar-refractivity contribution in [1.82, 2.24) is 9.88 Å². The number of aromatic nitrogens is 1. The Morgan fingerprint density at radius 1 is 1.00 bits per heavy atom. The number of benzene rings is 2. The van der Waals surface area contributed by atoms with Gasteiger partial charge in [-0.15, -0.1) is 11.8 Å². The van der Waals surface area contributed by atoms with Crippen LogP contribution < -0.4 is 14.5 Å². The van der Waals surface area contributed by atoms with Crippen molar-refractivity contribution < 1.29 is 23.9 Å². The molecule has 0 radical (unpaired) electrons. The number of carbonyl (C=O) groups is 3. The molecule has 0 spiro atoms. The number of aryl methyl sites for hydroxylation is 1. The number of nitrogens with zero attached hydrogens (tertiary/aromatic N) is 2. The van der Waals surface area contributed by atoms with Gasteiger partial charge in [0.05, 0.1) is 35.8 Å². The van der Waals surface area contributed by atoms with Crippen molar-refractivity contribution in [3.05, 3.63) is 74.2 Å². The number of thiazole rings is 1. The van der Waals surface area contributed by atoms with Crippen molar-refractivity contribution in [1.29, 1.82) is 0 Å². The third kappa shape index (κ3) is 4.22. The minimum absolute atomic E-state index is 0.00205. The van der Waals surface area contributed by atoms with Crippen LogP contribution in [0.4, 0.5) is 5.69 Å². The van der Waals surface area contributed by atoms with Crippen LogP contribution in [-0.4, -0.2) is 65.8 Å². The molecule has 9 nitrogen and oxygen atoms in total. The Morgan fingerprint density at radius 2 is 1.72 bits per heavy atom. The first kappa shape index (κ1) is 27.2. The molecule has 2 aromatic carbocycles. The number of aromatic amines is 1. The van der Waals surface area contributed by atoms with Gasteiger partial charge in [-0.3, -0.25) is 24.1 Å². The van der Waals surface area contributed by atoms with Crippen molar-refractivity contribution in [3.63, 3.8) is 0 Å². The first-order valence-electron chi connectivity index (χ1n) is 14.8. The predicted molar refractivity (Wildman–Crippen MR) is 162 cm³/mol. The van der Waals surface area contributed by atoms with Gasteiger partial charge in [0.15, 0.2) is 6.61 Å². The minimum Gasteiger partial charge on any atom is -0.483 e. The number of amides is 3. The lowest BCUT2D eigenvalue weighted by Gasteiger charge is -2.43. The number of hydrogen-bond acceptors (Lipinski definition) is 8. The fourth-order valence-corrected chi connectivity index (χ4v) is 11.1. The van der Waals surface area contributed by atoms with Crippen LogP contribution in [0, 0.1) is 36.5 Å². The van der Waals surface area contributed by atoms with Gasteiger partial charge in [0.1, 0.15) is 5.75 Å². The summed E-state index contributed by atoms with van der Waals surface area (Å²) in [5.41, 5.74) is 2.62. The molecule has 4 fully saturated rings. The normalized spacial score (nSPS) is 30.8. The molecule has 2 saturated heterocycles. The Balaban J connectivity index is 1.15. The van der Waals surface area contributed by atoms with Crippen LogP contribution in [0.2, 0.25) is 0 Å². The van der Waals surface area contributed by atoms with Crippen LogP contribution in [0.25, 0.3) is 0 Å². The highest BCUT2D eigenvalue weighted by Gasteiger charge is 2.69. The number of fused-ring (bicyclic) bond motifs is 9. The quantitative estimate of drug-likeness (QED) is 0.436. The minimum atomic E-state index is -0.378. The second kappa shape index (κ2) is 10.3. The molecule has 2 aliphatic carbocycles. The summed E-state index contributed by atoms with van der Waals surface area (Å²) < 4.78 is 11.6. The van der Waals surface area contributed by atoms with Crippen molar-refractivity contribution in [2.24, 2.45) is 29.6 Å². The summed E-state index contributed by atoms with van der Waals surface area (Å²) in [6, 6.07) is 15.3. The van der Waals surface area contributed by atoms with E-state index < -0.39 is 0 Å². The van der Waals surface area contributed by atoms with Crippen LogP contribution >= 0.6 is 23.1 Å². The molecule has 4 heterocycles. The van der Waals surface area contributed by atoms with Gasteiger partial charge < -0.3 is 19.4 Å². The van der Waals surface area contributed by atoms with Gasteiger partial charge in [-0.1, -0.05) is 47.2 Å². The molecule has 5 aliphatic rings. The number of rotatable bonds is 5. The van der Waals surface area contributed by atoms with E-state index >= 15 is 0 Å². The van der Waals surface area contributed by atoms with Gasteiger partial charge in [-0.05, 0) is 49.3 Å². The van der Waals surface area contributed by atoms with Gasteiger partial charge in [-0.25, -0.2) is 0 Å². The zero-order valence-electron chi connectivity index (χ0n) is 23.6. The third-order valence-electron chi connectivity index (χ3n) is 9.99. The molecule has 3 aromatic rings. The Bertz CT molecular complexity index is 1680. The van der Waals surface area contributed by atoms with Crippen LogP contribution in [0.1, 0.15) is 28.3 Å². The van der Waals surface area contributed by atoms with Crippen molar-refractivity contribution in [3.8, 4) is 5.75 Å². The summed E-state index contributed by atoms with van der Waals surface area (Å²) >= 11 is 2.88. The van der Waals surface area contributed by atoms with Crippen LogP contribution in [0.15, 0.2) is 58.4 Å². The second-order valence-corrected chi connectivity index (χ2v) is 14.3. The maximum atomic E-state index is 14.0. The number of H-pyrrole nitrogens is 1.